The Labute approximate surface area is 155 Å². The third-order valence-electron chi connectivity index (χ3n) is 3.55. The van der Waals surface area contributed by atoms with E-state index in [0.29, 0.717) is 10.9 Å². The van der Waals surface area contributed by atoms with Gasteiger partial charge < -0.3 is 9.90 Å². The summed E-state index contributed by atoms with van der Waals surface area (Å²) in [6.07, 6.45) is 4.77. The summed E-state index contributed by atoms with van der Waals surface area (Å²) in [7, 11) is 0.524. The van der Waals surface area contributed by atoms with Crippen molar-refractivity contribution >= 4 is 22.9 Å². The Hall–Kier alpha value is -1.90. The highest BCUT2D eigenvalue weighted by molar-refractivity contribution is 7.95. The van der Waals surface area contributed by atoms with E-state index in [1.807, 2.05) is 6.07 Å². The van der Waals surface area contributed by atoms with E-state index in [-0.39, 0.29) is 6.08 Å². The summed E-state index contributed by atoms with van der Waals surface area (Å²) in [5.41, 5.74) is -3.41. The molecule has 1 aliphatic carbocycles. The average Bonchev–Trinajstić information content (AvgIpc) is 2.58. The zero-order chi connectivity index (χ0) is 20.9. The molecule has 0 fully saturated rings. The van der Waals surface area contributed by atoms with E-state index in [9.17, 15) is 36.2 Å². The van der Waals surface area contributed by atoms with Gasteiger partial charge in [0.2, 0.25) is 5.67 Å². The van der Waals surface area contributed by atoms with E-state index in [1.54, 1.807) is 0 Å². The van der Waals surface area contributed by atoms with Crippen molar-refractivity contribution in [2.45, 2.75) is 23.7 Å². The molecule has 1 aromatic rings. The molecule has 2 rings (SSSR count). The maximum absolute atomic E-state index is 13.0. The van der Waals surface area contributed by atoms with Gasteiger partial charge >= 0.3 is 11.8 Å². The fraction of sp³-hybridized carbons (Fsp3) is 0.389. The Morgan fingerprint density at radius 1 is 1.15 bits per heavy atom. The number of alkyl halides is 6. The number of rotatable bonds is 4. The Bertz CT molecular complexity index is 690. The van der Waals surface area contributed by atoms with Gasteiger partial charge in [0.15, 0.2) is 6.17 Å². The van der Waals surface area contributed by atoms with Gasteiger partial charge in [-0.3, -0.25) is 0 Å². The number of carbonyl (C=O) groups excluding carboxylic acids is 1. The van der Waals surface area contributed by atoms with Gasteiger partial charge in [0.25, 0.3) is 0 Å². The largest absolute Gasteiger partial charge is 0.546 e. The van der Waals surface area contributed by atoms with Crippen molar-refractivity contribution in [1.29, 1.82) is 0 Å². The molecule has 0 N–H and O–H groups in total. The SMILES string of the molecule is C[S+](C)CC=Cc1ccccc1.O=C([O-])C1(F)C=CC(F)C(F)(F)C1(F)F. The van der Waals surface area contributed by atoms with Crippen molar-refractivity contribution in [2.75, 3.05) is 18.3 Å². The molecular weight excluding hydrogens is 394 g/mol. The van der Waals surface area contributed by atoms with Crippen molar-refractivity contribution in [3.8, 4) is 0 Å². The fourth-order valence-electron chi connectivity index (χ4n) is 2.00. The van der Waals surface area contributed by atoms with Gasteiger partial charge in [-0.2, -0.15) is 17.6 Å². The Balaban J connectivity index is 0.000000277. The summed E-state index contributed by atoms with van der Waals surface area (Å²) in [5.74, 6) is -13.0. The van der Waals surface area contributed by atoms with Crippen molar-refractivity contribution in [1.82, 2.24) is 0 Å². The average molecular weight is 412 g/mol. The van der Waals surface area contributed by atoms with E-state index >= 15 is 0 Å². The zero-order valence-electron chi connectivity index (χ0n) is 14.5. The van der Waals surface area contributed by atoms with Crippen LogP contribution in [-0.2, 0) is 15.7 Å². The number of hydrogen-bond donors (Lipinski definition) is 0. The molecular formula is C18H18F6O2S. The quantitative estimate of drug-likeness (QED) is 0.433. The highest BCUT2D eigenvalue weighted by Gasteiger charge is 2.74. The summed E-state index contributed by atoms with van der Waals surface area (Å²) in [6, 6.07) is 10.4. The van der Waals surface area contributed by atoms with Crippen molar-refractivity contribution in [3.63, 3.8) is 0 Å². The zero-order valence-corrected chi connectivity index (χ0v) is 15.3. The van der Waals surface area contributed by atoms with Crippen LogP contribution < -0.4 is 5.11 Å². The van der Waals surface area contributed by atoms with Crippen LogP contribution in [-0.4, -0.2) is 47.9 Å². The molecule has 0 heterocycles. The maximum Gasteiger partial charge on any atom is 0.355 e. The van der Waals surface area contributed by atoms with Crippen LogP contribution in [0.4, 0.5) is 26.3 Å². The van der Waals surface area contributed by atoms with Gasteiger partial charge in [0, 0.05) is 0 Å². The van der Waals surface area contributed by atoms with Gasteiger partial charge in [-0.15, -0.1) is 0 Å². The van der Waals surface area contributed by atoms with Crippen LogP contribution in [0.3, 0.4) is 0 Å². The van der Waals surface area contributed by atoms with E-state index in [1.165, 1.54) is 11.3 Å². The first-order valence-electron chi connectivity index (χ1n) is 7.61. The molecule has 27 heavy (non-hydrogen) atoms. The number of carboxylic acids is 1. The number of aliphatic carboxylic acids is 1. The molecule has 0 amide bonds. The van der Waals surface area contributed by atoms with Crippen molar-refractivity contribution < 1.29 is 36.2 Å². The molecule has 150 valence electrons. The molecule has 0 spiro atoms. The molecule has 0 bridgehead atoms. The number of allylic oxidation sites excluding steroid dienone is 1. The smallest absolute Gasteiger partial charge is 0.355 e. The molecule has 0 radical (unpaired) electrons. The molecule has 2 unspecified atom stereocenters. The number of halogens is 6. The van der Waals surface area contributed by atoms with Gasteiger partial charge in [-0.25, -0.2) is 8.78 Å². The minimum atomic E-state index is -5.70. The molecule has 0 saturated carbocycles. The van der Waals surface area contributed by atoms with Crippen molar-refractivity contribution in [2.24, 2.45) is 0 Å². The summed E-state index contributed by atoms with van der Waals surface area (Å²) in [4.78, 5) is 10.0. The Morgan fingerprint density at radius 3 is 2.19 bits per heavy atom. The van der Waals surface area contributed by atoms with Crippen LogP contribution >= 0.6 is 0 Å². The van der Waals surface area contributed by atoms with Gasteiger partial charge in [0.1, 0.15) is 5.75 Å². The predicted octanol–water partition coefficient (Wildman–Crippen LogP) is 3.20. The predicted molar refractivity (Wildman–Crippen MR) is 92.3 cm³/mol. The summed E-state index contributed by atoms with van der Waals surface area (Å²) >= 11 is 0. The van der Waals surface area contributed by atoms with Crippen molar-refractivity contribution in [3.05, 3.63) is 54.1 Å². The standard InChI is InChI=1S/C11H15S.C7H4F6O2/c1-12(2)10-6-9-11-7-4-3-5-8-11;8-3-1-2-5(9,4(14)15)7(12,13)6(3,10)11/h3-9H,10H2,1-2H3;1-3H,(H,14,15)/q+1;/p-1. The Morgan fingerprint density at radius 2 is 1.70 bits per heavy atom. The normalized spacial score (nSPS) is 25.9. The van der Waals surface area contributed by atoms with Crippen LogP contribution in [0.2, 0.25) is 0 Å². The third-order valence-corrected chi connectivity index (χ3v) is 4.41. The number of benzene rings is 1. The molecule has 1 aromatic carbocycles. The second kappa shape index (κ2) is 8.86. The van der Waals surface area contributed by atoms with Crippen LogP contribution in [0, 0.1) is 0 Å². The first-order valence-corrected chi connectivity index (χ1v) is 9.82. The van der Waals surface area contributed by atoms with Gasteiger partial charge in [-0.05, 0) is 34.7 Å². The molecule has 0 aromatic heterocycles. The minimum Gasteiger partial charge on any atom is -0.546 e. The van der Waals surface area contributed by atoms with E-state index < -0.39 is 35.7 Å². The number of carboxylic acid groups (broad SMARTS) is 1. The second-order valence-corrected chi connectivity index (χ2v) is 8.23. The lowest BCUT2D eigenvalue weighted by Gasteiger charge is -2.40. The lowest BCUT2D eigenvalue weighted by atomic mass is 9.84. The topological polar surface area (TPSA) is 40.1 Å². The number of hydrogen-bond acceptors (Lipinski definition) is 2. The fourth-order valence-corrected chi connectivity index (χ4v) is 2.48. The summed E-state index contributed by atoms with van der Waals surface area (Å²) in [5, 5.41) is 10.0. The van der Waals surface area contributed by atoms with Crippen LogP contribution in [0.5, 0.6) is 0 Å². The third kappa shape index (κ3) is 5.09. The molecule has 0 aliphatic heterocycles. The highest BCUT2D eigenvalue weighted by Crippen LogP contribution is 2.50. The van der Waals surface area contributed by atoms with E-state index in [4.69, 9.17) is 0 Å². The second-order valence-electron chi connectivity index (χ2n) is 5.92. The Kier molecular flexibility index (Phi) is 7.59. The lowest BCUT2D eigenvalue weighted by molar-refractivity contribution is -0.347. The van der Waals surface area contributed by atoms with Gasteiger partial charge in [-0.1, -0.05) is 36.4 Å². The summed E-state index contributed by atoms with van der Waals surface area (Å²) < 4.78 is 75.8. The molecule has 2 atom stereocenters. The summed E-state index contributed by atoms with van der Waals surface area (Å²) in [6.45, 7) is 0. The molecule has 9 heteroatoms. The van der Waals surface area contributed by atoms with Gasteiger partial charge in [0.05, 0.1) is 18.5 Å². The molecule has 1 aliphatic rings. The first-order chi connectivity index (χ1) is 12.4. The van der Waals surface area contributed by atoms with Crippen LogP contribution in [0.25, 0.3) is 6.08 Å². The molecule has 0 saturated heterocycles. The van der Waals surface area contributed by atoms with E-state index in [2.05, 4.69) is 48.9 Å². The van der Waals surface area contributed by atoms with E-state index in [0.717, 1.165) is 0 Å². The first kappa shape index (κ1) is 23.1. The van der Waals surface area contributed by atoms with Crippen LogP contribution in [0.1, 0.15) is 5.56 Å². The lowest BCUT2D eigenvalue weighted by Crippen LogP contribution is -2.67. The maximum atomic E-state index is 13.0. The highest BCUT2D eigenvalue weighted by atomic mass is 32.2. The monoisotopic (exact) mass is 412 g/mol. The number of carbonyl (C=O) groups is 1. The van der Waals surface area contributed by atoms with Crippen LogP contribution in [0.15, 0.2) is 48.6 Å². The molecule has 2 nitrogen and oxygen atoms in total. The minimum absolute atomic E-state index is 0.271.